The zero-order chi connectivity index (χ0) is 14.3. The molecule has 1 aromatic rings. The molecule has 116 valence electrons. The lowest BCUT2D eigenvalue weighted by atomic mass is 9.97. The molecular weight excluding hydrogens is 260 g/mol. The number of quaternary nitrogens is 2. The summed E-state index contributed by atoms with van der Waals surface area (Å²) >= 11 is 0. The molecule has 1 aromatic carbocycles. The van der Waals surface area contributed by atoms with Crippen molar-refractivity contribution in [3.63, 3.8) is 0 Å². The molecule has 1 atom stereocenters. The van der Waals surface area contributed by atoms with Crippen LogP contribution in [-0.4, -0.2) is 39.3 Å². The fourth-order valence-corrected chi connectivity index (χ4v) is 3.74. The van der Waals surface area contributed by atoms with Gasteiger partial charge in [0.2, 0.25) is 0 Å². The monoisotopic (exact) mass is 290 g/mol. The maximum atomic E-state index is 5.96. The number of hydrogen-bond donors (Lipinski definition) is 2. The zero-order valence-electron chi connectivity index (χ0n) is 13.2. The van der Waals surface area contributed by atoms with E-state index in [0.29, 0.717) is 6.10 Å². The van der Waals surface area contributed by atoms with Crippen molar-refractivity contribution in [1.82, 2.24) is 0 Å². The summed E-state index contributed by atoms with van der Waals surface area (Å²) in [4.78, 5) is 1.83. The third-order valence-electron chi connectivity index (χ3n) is 4.97. The number of hydrogen-bond acceptors (Lipinski definition) is 1. The van der Waals surface area contributed by atoms with Crippen LogP contribution in [0.3, 0.4) is 0 Å². The molecule has 0 saturated carbocycles. The van der Waals surface area contributed by atoms with Crippen molar-refractivity contribution in [3.8, 4) is 0 Å². The molecule has 3 rings (SSSR count). The molecule has 21 heavy (non-hydrogen) atoms. The van der Waals surface area contributed by atoms with E-state index in [1.54, 1.807) is 0 Å². The minimum atomic E-state index is 0.303. The van der Waals surface area contributed by atoms with Crippen LogP contribution in [-0.2, 0) is 11.2 Å². The maximum absolute atomic E-state index is 5.96. The van der Waals surface area contributed by atoms with Gasteiger partial charge in [-0.15, -0.1) is 0 Å². The Morgan fingerprint density at radius 2 is 2.00 bits per heavy atom. The Hall–Kier alpha value is -0.900. The van der Waals surface area contributed by atoms with Crippen molar-refractivity contribution in [2.24, 2.45) is 0 Å². The van der Waals surface area contributed by atoms with E-state index in [-0.39, 0.29) is 0 Å². The van der Waals surface area contributed by atoms with Gasteiger partial charge in [-0.25, -0.2) is 0 Å². The molecule has 1 saturated heterocycles. The normalized spacial score (nSPS) is 23.0. The molecule has 3 N–H and O–H groups in total. The topological polar surface area (TPSA) is 30.3 Å². The smallest absolute Gasteiger partial charge is 0.131 e. The second kappa shape index (κ2) is 7.92. The summed E-state index contributed by atoms with van der Waals surface area (Å²) in [6.45, 7) is 7.36. The molecule has 2 aliphatic rings. The first-order valence-electron chi connectivity index (χ1n) is 8.78. The van der Waals surface area contributed by atoms with Gasteiger partial charge >= 0.3 is 0 Å². The van der Waals surface area contributed by atoms with Crippen LogP contribution in [0.15, 0.2) is 24.3 Å². The second-order valence-electron chi connectivity index (χ2n) is 6.54. The standard InChI is InChI=1S/C18H28N2O/c1-4-11-20(12-5-1)13-6-10-19-15-18-17-8-3-2-7-16(17)9-14-21-18/h2-3,7-8,18-19H,1,4-6,9-15H2/p+2. The van der Waals surface area contributed by atoms with Gasteiger partial charge in [-0.2, -0.15) is 0 Å². The SMILES string of the molecule is c1ccc2c(c1)CCOC2C[NH2+]CCC[NH+]1CCCCC1. The van der Waals surface area contributed by atoms with Gasteiger partial charge < -0.3 is 15.0 Å². The molecule has 0 spiro atoms. The van der Waals surface area contributed by atoms with Gasteiger partial charge in [-0.05, 0) is 36.8 Å². The highest BCUT2D eigenvalue weighted by Crippen LogP contribution is 2.25. The van der Waals surface area contributed by atoms with Crippen molar-refractivity contribution in [3.05, 3.63) is 35.4 Å². The maximum Gasteiger partial charge on any atom is 0.131 e. The number of nitrogens with one attached hydrogen (secondary N) is 1. The van der Waals surface area contributed by atoms with E-state index in [0.717, 1.165) is 19.6 Å². The van der Waals surface area contributed by atoms with Gasteiger partial charge in [0.15, 0.2) is 0 Å². The van der Waals surface area contributed by atoms with E-state index >= 15 is 0 Å². The largest absolute Gasteiger partial charge is 0.367 e. The number of likely N-dealkylation sites (tertiary alicyclic amines) is 1. The summed E-state index contributed by atoms with van der Waals surface area (Å²) in [5.41, 5.74) is 2.90. The summed E-state index contributed by atoms with van der Waals surface area (Å²) in [6.07, 6.45) is 7.04. The van der Waals surface area contributed by atoms with Crippen molar-refractivity contribution in [1.29, 1.82) is 0 Å². The summed E-state index contributed by atoms with van der Waals surface area (Å²) in [7, 11) is 0. The third kappa shape index (κ3) is 4.29. The lowest BCUT2D eigenvalue weighted by Gasteiger charge is -2.25. The Morgan fingerprint density at radius 3 is 2.90 bits per heavy atom. The van der Waals surface area contributed by atoms with E-state index in [2.05, 4.69) is 29.6 Å². The van der Waals surface area contributed by atoms with Crippen LogP contribution < -0.4 is 10.2 Å². The van der Waals surface area contributed by atoms with E-state index in [9.17, 15) is 0 Å². The van der Waals surface area contributed by atoms with Gasteiger partial charge in [0.05, 0.1) is 32.8 Å². The summed E-state index contributed by atoms with van der Waals surface area (Å²) in [5.74, 6) is 0. The van der Waals surface area contributed by atoms with E-state index < -0.39 is 0 Å². The Balaban J connectivity index is 1.36. The molecule has 2 aliphatic heterocycles. The zero-order valence-corrected chi connectivity index (χ0v) is 13.2. The van der Waals surface area contributed by atoms with Crippen LogP contribution >= 0.6 is 0 Å². The van der Waals surface area contributed by atoms with Crippen molar-refractivity contribution >= 4 is 0 Å². The van der Waals surface area contributed by atoms with Crippen LogP contribution in [0.2, 0.25) is 0 Å². The predicted octanol–water partition coefficient (Wildman–Crippen LogP) is 0.323. The van der Waals surface area contributed by atoms with Gasteiger partial charge in [-0.1, -0.05) is 24.3 Å². The Morgan fingerprint density at radius 1 is 1.14 bits per heavy atom. The van der Waals surface area contributed by atoms with Crippen LogP contribution in [0.5, 0.6) is 0 Å². The second-order valence-corrected chi connectivity index (χ2v) is 6.54. The molecule has 3 nitrogen and oxygen atoms in total. The van der Waals surface area contributed by atoms with Crippen molar-refractivity contribution < 1.29 is 15.0 Å². The van der Waals surface area contributed by atoms with E-state index in [1.165, 1.54) is 63.0 Å². The Kier molecular flexibility index (Phi) is 5.67. The molecule has 1 fully saturated rings. The average molecular weight is 290 g/mol. The number of rotatable bonds is 6. The first-order chi connectivity index (χ1) is 10.4. The quantitative estimate of drug-likeness (QED) is 0.727. The number of fused-ring (bicyclic) bond motifs is 1. The fourth-order valence-electron chi connectivity index (χ4n) is 3.74. The molecular formula is C18H30N2O+2. The number of ether oxygens (including phenoxy) is 1. The third-order valence-corrected chi connectivity index (χ3v) is 4.97. The molecule has 1 unspecified atom stereocenters. The fraction of sp³-hybridized carbons (Fsp3) is 0.667. The van der Waals surface area contributed by atoms with Crippen molar-refractivity contribution in [2.75, 3.05) is 39.3 Å². The Labute approximate surface area is 128 Å². The first-order valence-corrected chi connectivity index (χ1v) is 8.78. The molecule has 3 heteroatoms. The summed E-state index contributed by atoms with van der Waals surface area (Å²) in [5, 5.41) is 2.45. The van der Waals surface area contributed by atoms with Gasteiger partial charge in [-0.3, -0.25) is 0 Å². The van der Waals surface area contributed by atoms with Crippen LogP contribution in [0.4, 0.5) is 0 Å². The highest BCUT2D eigenvalue weighted by atomic mass is 16.5. The van der Waals surface area contributed by atoms with Crippen LogP contribution in [0.25, 0.3) is 0 Å². The number of piperidine rings is 1. The number of benzene rings is 1. The van der Waals surface area contributed by atoms with Gasteiger partial charge in [0, 0.05) is 6.42 Å². The first kappa shape index (κ1) is 15.0. The lowest BCUT2D eigenvalue weighted by Crippen LogP contribution is -3.13. The minimum absolute atomic E-state index is 0.303. The predicted molar refractivity (Wildman–Crippen MR) is 84.5 cm³/mol. The van der Waals surface area contributed by atoms with Gasteiger partial charge in [0.1, 0.15) is 12.6 Å². The average Bonchev–Trinajstić information content (AvgIpc) is 2.56. The molecule has 0 bridgehead atoms. The van der Waals surface area contributed by atoms with E-state index in [1.807, 2.05) is 4.90 Å². The highest BCUT2D eigenvalue weighted by molar-refractivity contribution is 5.30. The molecule has 0 amide bonds. The van der Waals surface area contributed by atoms with E-state index in [4.69, 9.17) is 4.74 Å². The van der Waals surface area contributed by atoms with Crippen molar-refractivity contribution in [2.45, 2.75) is 38.2 Å². The lowest BCUT2D eigenvalue weighted by molar-refractivity contribution is -0.906. The van der Waals surface area contributed by atoms with Crippen LogP contribution in [0.1, 0.15) is 42.9 Å². The molecule has 0 aromatic heterocycles. The Bertz CT molecular complexity index is 429. The molecule has 0 aliphatic carbocycles. The summed E-state index contributed by atoms with van der Waals surface area (Å²) < 4.78 is 5.96. The summed E-state index contributed by atoms with van der Waals surface area (Å²) in [6, 6.07) is 8.78. The van der Waals surface area contributed by atoms with Crippen LogP contribution in [0, 0.1) is 0 Å². The number of nitrogens with two attached hydrogens (primary N) is 1. The van der Waals surface area contributed by atoms with Gasteiger partial charge in [0.25, 0.3) is 0 Å². The molecule has 2 heterocycles. The highest BCUT2D eigenvalue weighted by Gasteiger charge is 2.21. The minimum Gasteiger partial charge on any atom is -0.367 e. The molecule has 0 radical (unpaired) electrons.